The van der Waals surface area contributed by atoms with Gasteiger partial charge in [-0.05, 0) is 38.8 Å². The highest BCUT2D eigenvalue weighted by Gasteiger charge is 2.37. The third-order valence-corrected chi connectivity index (χ3v) is 4.60. The van der Waals surface area contributed by atoms with Crippen molar-refractivity contribution in [2.24, 2.45) is 5.73 Å². The Morgan fingerprint density at radius 3 is 2.50 bits per heavy atom. The van der Waals surface area contributed by atoms with Crippen LogP contribution in [0, 0.1) is 0 Å². The molecule has 1 heterocycles. The van der Waals surface area contributed by atoms with Gasteiger partial charge in [-0.3, -0.25) is 9.69 Å². The summed E-state index contributed by atoms with van der Waals surface area (Å²) in [5.41, 5.74) is 5.58. The van der Waals surface area contributed by atoms with Crippen LogP contribution in [0.25, 0.3) is 0 Å². The minimum Gasteiger partial charge on any atom is -0.353 e. The van der Waals surface area contributed by atoms with Crippen molar-refractivity contribution in [2.45, 2.75) is 63.5 Å². The molecule has 1 aliphatic carbocycles. The molecular formula is C14H29Cl2N3O. The molecule has 0 radical (unpaired) electrons. The Balaban J connectivity index is 0.00000180. The molecule has 0 aromatic rings. The second-order valence-corrected chi connectivity index (χ2v) is 5.85. The summed E-state index contributed by atoms with van der Waals surface area (Å²) in [7, 11) is 0. The third kappa shape index (κ3) is 4.76. The molecular weight excluding hydrogens is 297 g/mol. The number of nitrogens with zero attached hydrogens (tertiary/aromatic N) is 1. The monoisotopic (exact) mass is 325 g/mol. The lowest BCUT2D eigenvalue weighted by molar-refractivity contribution is -0.126. The van der Waals surface area contributed by atoms with Crippen LogP contribution in [0.3, 0.4) is 0 Å². The molecule has 2 rings (SSSR count). The van der Waals surface area contributed by atoms with Gasteiger partial charge in [-0.2, -0.15) is 0 Å². The maximum atomic E-state index is 12.2. The van der Waals surface area contributed by atoms with Crippen LogP contribution in [0.2, 0.25) is 0 Å². The van der Waals surface area contributed by atoms with Gasteiger partial charge in [0.2, 0.25) is 5.91 Å². The molecule has 1 atom stereocenters. The Morgan fingerprint density at radius 2 is 1.90 bits per heavy atom. The number of rotatable bonds is 4. The van der Waals surface area contributed by atoms with Crippen LogP contribution in [-0.2, 0) is 4.79 Å². The van der Waals surface area contributed by atoms with Crippen molar-refractivity contribution in [3.8, 4) is 0 Å². The van der Waals surface area contributed by atoms with Crippen LogP contribution < -0.4 is 11.1 Å². The highest BCUT2D eigenvalue weighted by molar-refractivity contribution is 5.86. The molecule has 20 heavy (non-hydrogen) atoms. The molecule has 6 heteroatoms. The zero-order chi connectivity index (χ0) is 13.0. The number of amides is 1. The van der Waals surface area contributed by atoms with E-state index in [-0.39, 0.29) is 30.7 Å². The van der Waals surface area contributed by atoms with Crippen molar-refractivity contribution >= 4 is 30.7 Å². The number of carbonyl (C=O) groups excluding carboxylic acids is 1. The van der Waals surface area contributed by atoms with Crippen molar-refractivity contribution in [3.05, 3.63) is 0 Å². The van der Waals surface area contributed by atoms with Gasteiger partial charge in [0.1, 0.15) is 0 Å². The predicted molar refractivity (Wildman–Crippen MR) is 87.8 cm³/mol. The second-order valence-electron chi connectivity index (χ2n) is 5.85. The Morgan fingerprint density at radius 1 is 1.25 bits per heavy atom. The molecule has 1 saturated heterocycles. The van der Waals surface area contributed by atoms with Gasteiger partial charge in [0.05, 0.1) is 5.54 Å². The molecule has 1 aliphatic heterocycles. The molecule has 0 aromatic heterocycles. The van der Waals surface area contributed by atoms with E-state index in [0.29, 0.717) is 6.04 Å². The fourth-order valence-electron chi connectivity index (χ4n) is 3.33. The first kappa shape index (κ1) is 20.0. The minimum atomic E-state index is -0.578. The quantitative estimate of drug-likeness (QED) is 0.832. The maximum Gasteiger partial charge on any atom is 0.240 e. The fraction of sp³-hybridized carbons (Fsp3) is 0.929. The van der Waals surface area contributed by atoms with Crippen LogP contribution >= 0.6 is 24.8 Å². The predicted octanol–water partition coefficient (Wildman–Crippen LogP) is 2.09. The molecule has 120 valence electrons. The van der Waals surface area contributed by atoms with Crippen LogP contribution in [0.15, 0.2) is 0 Å². The first-order chi connectivity index (χ1) is 8.65. The second kappa shape index (κ2) is 9.08. The lowest BCUT2D eigenvalue weighted by atomic mass is 9.97. The van der Waals surface area contributed by atoms with Gasteiger partial charge in [-0.1, -0.05) is 26.2 Å². The van der Waals surface area contributed by atoms with Crippen LogP contribution in [0.1, 0.15) is 51.9 Å². The van der Waals surface area contributed by atoms with Gasteiger partial charge >= 0.3 is 0 Å². The number of nitrogens with one attached hydrogen (secondary N) is 1. The average molecular weight is 326 g/mol. The first-order valence-corrected chi connectivity index (χ1v) is 7.47. The summed E-state index contributed by atoms with van der Waals surface area (Å²) in [6, 6.07) is 0.512. The Bertz CT molecular complexity index is 296. The highest BCUT2D eigenvalue weighted by Crippen LogP contribution is 2.27. The zero-order valence-corrected chi connectivity index (χ0v) is 14.0. The normalized spacial score (nSPS) is 25.4. The largest absolute Gasteiger partial charge is 0.353 e. The van der Waals surface area contributed by atoms with Gasteiger partial charge in [0.25, 0.3) is 0 Å². The van der Waals surface area contributed by atoms with Crippen molar-refractivity contribution < 1.29 is 4.79 Å². The average Bonchev–Trinajstić information content (AvgIpc) is 2.84. The SMILES string of the molecule is CCN1CCCCC1CNC(=O)C1(N)CCCC1.Cl.Cl. The number of nitrogens with two attached hydrogens (primary N) is 1. The fourth-order valence-corrected chi connectivity index (χ4v) is 3.33. The number of halogens is 2. The van der Waals surface area contributed by atoms with E-state index in [0.717, 1.165) is 38.8 Å². The molecule has 1 saturated carbocycles. The maximum absolute atomic E-state index is 12.2. The molecule has 2 aliphatic rings. The van der Waals surface area contributed by atoms with Crippen molar-refractivity contribution in [1.82, 2.24) is 10.2 Å². The number of hydrogen-bond acceptors (Lipinski definition) is 3. The number of hydrogen-bond donors (Lipinski definition) is 2. The van der Waals surface area contributed by atoms with E-state index in [1.165, 1.54) is 25.8 Å². The molecule has 1 unspecified atom stereocenters. The number of likely N-dealkylation sites (tertiary alicyclic amines) is 1. The van der Waals surface area contributed by atoms with Gasteiger partial charge in [-0.25, -0.2) is 0 Å². The molecule has 2 fully saturated rings. The standard InChI is InChI=1S/C14H27N3O.2ClH/c1-2-17-10-6-3-7-12(17)11-16-13(18)14(15)8-4-5-9-14;;/h12H,2-11,15H2,1H3,(H,16,18);2*1H. The summed E-state index contributed by atoms with van der Waals surface area (Å²) in [5, 5.41) is 3.09. The lowest BCUT2D eigenvalue weighted by Gasteiger charge is -2.35. The molecule has 4 nitrogen and oxygen atoms in total. The Kier molecular flexibility index (Phi) is 9.07. The topological polar surface area (TPSA) is 58.4 Å². The number of carbonyl (C=O) groups is 1. The van der Waals surface area contributed by atoms with E-state index in [4.69, 9.17) is 5.73 Å². The molecule has 0 spiro atoms. The van der Waals surface area contributed by atoms with E-state index in [2.05, 4.69) is 17.1 Å². The zero-order valence-electron chi connectivity index (χ0n) is 12.4. The van der Waals surface area contributed by atoms with E-state index >= 15 is 0 Å². The summed E-state index contributed by atoms with van der Waals surface area (Å²) in [5.74, 6) is 0.0710. The summed E-state index contributed by atoms with van der Waals surface area (Å²) in [4.78, 5) is 14.6. The van der Waals surface area contributed by atoms with Crippen LogP contribution in [-0.4, -0.2) is 42.0 Å². The summed E-state index contributed by atoms with van der Waals surface area (Å²) in [6.45, 7) is 5.21. The Labute approximate surface area is 135 Å². The molecule has 0 bridgehead atoms. The van der Waals surface area contributed by atoms with Gasteiger partial charge < -0.3 is 11.1 Å². The van der Waals surface area contributed by atoms with Gasteiger partial charge in [0.15, 0.2) is 0 Å². The van der Waals surface area contributed by atoms with E-state index in [1.807, 2.05) is 0 Å². The lowest BCUT2D eigenvalue weighted by Crippen LogP contribution is -2.55. The number of likely N-dealkylation sites (N-methyl/N-ethyl adjacent to an activating group) is 1. The van der Waals surface area contributed by atoms with E-state index in [9.17, 15) is 4.79 Å². The smallest absolute Gasteiger partial charge is 0.240 e. The van der Waals surface area contributed by atoms with Crippen LogP contribution in [0.5, 0.6) is 0 Å². The van der Waals surface area contributed by atoms with Gasteiger partial charge in [-0.15, -0.1) is 24.8 Å². The molecule has 0 aromatic carbocycles. The summed E-state index contributed by atoms with van der Waals surface area (Å²) < 4.78 is 0. The van der Waals surface area contributed by atoms with Crippen molar-refractivity contribution in [2.75, 3.05) is 19.6 Å². The van der Waals surface area contributed by atoms with Crippen molar-refractivity contribution in [3.63, 3.8) is 0 Å². The third-order valence-electron chi connectivity index (χ3n) is 4.60. The summed E-state index contributed by atoms with van der Waals surface area (Å²) >= 11 is 0. The highest BCUT2D eigenvalue weighted by atomic mass is 35.5. The number of piperidine rings is 1. The Hall–Kier alpha value is -0.0300. The van der Waals surface area contributed by atoms with Crippen molar-refractivity contribution in [1.29, 1.82) is 0 Å². The molecule has 1 amide bonds. The van der Waals surface area contributed by atoms with E-state index in [1.54, 1.807) is 0 Å². The van der Waals surface area contributed by atoms with Crippen LogP contribution in [0.4, 0.5) is 0 Å². The minimum absolute atomic E-state index is 0. The molecule has 3 N–H and O–H groups in total. The van der Waals surface area contributed by atoms with E-state index < -0.39 is 5.54 Å². The summed E-state index contributed by atoms with van der Waals surface area (Å²) in [6.07, 6.45) is 7.65. The first-order valence-electron chi connectivity index (χ1n) is 7.47. The van der Waals surface area contributed by atoms with Gasteiger partial charge in [0, 0.05) is 12.6 Å².